The molecule has 0 spiro atoms. The van der Waals surface area contributed by atoms with Gasteiger partial charge in [0.15, 0.2) is 11.7 Å². The van der Waals surface area contributed by atoms with Crippen molar-refractivity contribution < 1.29 is 23.8 Å². The standard InChI is InChI=1S/C27H32N4O5S/c1-5-17(3)36-20-13-11-19(12-14-20)15-28-31-23(32)16-35-22-10-8-7-9-21(22)25-24(26(33)34-6-2)18(4)29-27(37)30-25/h7-15,17,25H,5-6,16H2,1-4H3,(H,31,32)(H2,29,30,37)/t17-,25-/m0/s1. The third-order valence-electron chi connectivity index (χ3n) is 5.55. The molecule has 37 heavy (non-hydrogen) atoms. The highest BCUT2D eigenvalue weighted by molar-refractivity contribution is 7.80. The van der Waals surface area contributed by atoms with Crippen LogP contribution in [-0.4, -0.2) is 42.5 Å². The number of amides is 1. The molecule has 2 aromatic rings. The Hall–Kier alpha value is -3.92. The van der Waals surface area contributed by atoms with E-state index in [-0.39, 0.29) is 19.3 Å². The number of para-hydroxylation sites is 1. The second-order valence-electron chi connectivity index (χ2n) is 8.32. The first-order valence-corrected chi connectivity index (χ1v) is 12.5. The highest BCUT2D eigenvalue weighted by atomic mass is 32.1. The number of carbonyl (C=O) groups excluding carboxylic acids is 2. The van der Waals surface area contributed by atoms with Gasteiger partial charge in [-0.3, -0.25) is 4.79 Å². The maximum atomic E-state index is 12.7. The number of hydrazone groups is 1. The highest BCUT2D eigenvalue weighted by Crippen LogP contribution is 2.33. The molecule has 0 saturated heterocycles. The smallest absolute Gasteiger partial charge is 0.338 e. The second-order valence-corrected chi connectivity index (χ2v) is 8.72. The Morgan fingerprint density at radius 2 is 1.89 bits per heavy atom. The summed E-state index contributed by atoms with van der Waals surface area (Å²) < 4.78 is 16.8. The van der Waals surface area contributed by atoms with Crippen molar-refractivity contribution in [3.05, 3.63) is 70.9 Å². The van der Waals surface area contributed by atoms with Gasteiger partial charge < -0.3 is 24.8 Å². The predicted molar refractivity (Wildman–Crippen MR) is 145 cm³/mol. The summed E-state index contributed by atoms with van der Waals surface area (Å²) in [6.45, 7) is 7.54. The zero-order chi connectivity index (χ0) is 26.8. The zero-order valence-electron chi connectivity index (χ0n) is 21.4. The average Bonchev–Trinajstić information content (AvgIpc) is 2.88. The number of benzene rings is 2. The number of rotatable bonds is 11. The number of hydrogen-bond acceptors (Lipinski definition) is 7. The van der Waals surface area contributed by atoms with Crippen molar-refractivity contribution in [1.82, 2.24) is 16.1 Å². The van der Waals surface area contributed by atoms with E-state index in [1.54, 1.807) is 32.0 Å². The number of esters is 1. The molecule has 0 fully saturated rings. The fourth-order valence-corrected chi connectivity index (χ4v) is 3.83. The van der Waals surface area contributed by atoms with Crippen LogP contribution in [0.1, 0.15) is 51.3 Å². The van der Waals surface area contributed by atoms with E-state index in [0.717, 1.165) is 17.7 Å². The number of nitrogens with zero attached hydrogens (tertiary/aromatic N) is 1. The minimum atomic E-state index is -0.600. The minimum Gasteiger partial charge on any atom is -0.491 e. The summed E-state index contributed by atoms with van der Waals surface area (Å²) in [5.41, 5.74) is 4.89. The number of hydrogen-bond donors (Lipinski definition) is 3. The van der Waals surface area contributed by atoms with Crippen molar-refractivity contribution >= 4 is 35.4 Å². The van der Waals surface area contributed by atoms with Crippen LogP contribution in [0.3, 0.4) is 0 Å². The van der Waals surface area contributed by atoms with Gasteiger partial charge in [-0.1, -0.05) is 25.1 Å². The Morgan fingerprint density at radius 1 is 1.16 bits per heavy atom. The number of thiocarbonyl (C=S) groups is 1. The summed E-state index contributed by atoms with van der Waals surface area (Å²) >= 11 is 5.30. The first-order valence-electron chi connectivity index (χ1n) is 12.1. The van der Waals surface area contributed by atoms with Crippen LogP contribution >= 0.6 is 12.2 Å². The SMILES string of the molecule is CCOC(=O)C1=C(C)NC(=S)N[C@H]1c1ccccc1OCC(=O)NN=Cc1ccc(O[C@@H](C)CC)cc1. The van der Waals surface area contributed by atoms with Gasteiger partial charge in [-0.15, -0.1) is 0 Å². The Bertz CT molecular complexity index is 1180. The molecule has 1 aliphatic rings. The fraction of sp³-hybridized carbons (Fsp3) is 0.333. The van der Waals surface area contributed by atoms with Gasteiger partial charge in [0.2, 0.25) is 0 Å². The lowest BCUT2D eigenvalue weighted by Gasteiger charge is -2.30. The average molecular weight is 525 g/mol. The summed E-state index contributed by atoms with van der Waals surface area (Å²) in [4.78, 5) is 25.0. The van der Waals surface area contributed by atoms with Crippen molar-refractivity contribution in [3.8, 4) is 11.5 Å². The van der Waals surface area contributed by atoms with Crippen LogP contribution in [0.15, 0.2) is 64.9 Å². The topological polar surface area (TPSA) is 110 Å². The van der Waals surface area contributed by atoms with E-state index < -0.39 is 17.9 Å². The molecule has 10 heteroatoms. The molecule has 1 heterocycles. The molecule has 196 valence electrons. The lowest BCUT2D eigenvalue weighted by atomic mass is 9.95. The van der Waals surface area contributed by atoms with Crippen molar-refractivity contribution in [2.24, 2.45) is 5.10 Å². The van der Waals surface area contributed by atoms with Crippen LogP contribution in [-0.2, 0) is 14.3 Å². The van der Waals surface area contributed by atoms with Gasteiger partial charge >= 0.3 is 5.97 Å². The molecular weight excluding hydrogens is 492 g/mol. The molecule has 1 aliphatic heterocycles. The van der Waals surface area contributed by atoms with E-state index in [2.05, 4.69) is 28.1 Å². The molecule has 0 aromatic heterocycles. The minimum absolute atomic E-state index is 0.142. The van der Waals surface area contributed by atoms with E-state index in [9.17, 15) is 9.59 Å². The van der Waals surface area contributed by atoms with E-state index in [4.69, 9.17) is 26.4 Å². The van der Waals surface area contributed by atoms with Gasteiger partial charge in [0.25, 0.3) is 5.91 Å². The van der Waals surface area contributed by atoms with Gasteiger partial charge in [-0.25, -0.2) is 10.2 Å². The lowest BCUT2D eigenvalue weighted by molar-refractivity contribution is -0.139. The van der Waals surface area contributed by atoms with Crippen molar-refractivity contribution in [2.45, 2.75) is 46.3 Å². The highest BCUT2D eigenvalue weighted by Gasteiger charge is 2.32. The lowest BCUT2D eigenvalue weighted by Crippen LogP contribution is -2.45. The van der Waals surface area contributed by atoms with Crippen LogP contribution in [0, 0.1) is 0 Å². The molecule has 0 bridgehead atoms. The van der Waals surface area contributed by atoms with Crippen LogP contribution in [0.4, 0.5) is 0 Å². The Balaban J connectivity index is 1.63. The summed E-state index contributed by atoms with van der Waals surface area (Å²) in [6.07, 6.45) is 2.60. The number of ether oxygens (including phenoxy) is 3. The molecule has 0 unspecified atom stereocenters. The Labute approximate surface area is 222 Å². The van der Waals surface area contributed by atoms with Gasteiger partial charge in [0, 0.05) is 11.3 Å². The summed E-state index contributed by atoms with van der Waals surface area (Å²) in [7, 11) is 0. The number of carbonyl (C=O) groups is 2. The normalized spacial score (nSPS) is 16.0. The first kappa shape index (κ1) is 27.7. The largest absolute Gasteiger partial charge is 0.491 e. The third-order valence-corrected chi connectivity index (χ3v) is 5.77. The molecule has 0 aliphatic carbocycles. The fourth-order valence-electron chi connectivity index (χ4n) is 3.56. The van der Waals surface area contributed by atoms with E-state index in [0.29, 0.717) is 27.7 Å². The molecule has 9 nitrogen and oxygen atoms in total. The molecule has 3 rings (SSSR count). The van der Waals surface area contributed by atoms with E-state index in [1.165, 1.54) is 6.21 Å². The van der Waals surface area contributed by atoms with Gasteiger partial charge in [-0.2, -0.15) is 5.10 Å². The van der Waals surface area contributed by atoms with Gasteiger partial charge in [-0.05, 0) is 75.3 Å². The molecule has 0 radical (unpaired) electrons. The molecular formula is C27H32N4O5S. The molecule has 2 atom stereocenters. The van der Waals surface area contributed by atoms with Crippen LogP contribution < -0.4 is 25.5 Å². The third kappa shape index (κ3) is 7.78. The summed E-state index contributed by atoms with van der Waals surface area (Å²) in [6, 6.07) is 13.9. The van der Waals surface area contributed by atoms with E-state index >= 15 is 0 Å². The predicted octanol–water partition coefficient (Wildman–Crippen LogP) is 3.75. The quantitative estimate of drug-likeness (QED) is 0.176. The van der Waals surface area contributed by atoms with Crippen LogP contribution in [0.2, 0.25) is 0 Å². The van der Waals surface area contributed by atoms with Crippen molar-refractivity contribution in [2.75, 3.05) is 13.2 Å². The Kier molecular flexibility index (Phi) is 10.0. The molecule has 0 saturated carbocycles. The zero-order valence-corrected chi connectivity index (χ0v) is 22.2. The van der Waals surface area contributed by atoms with Crippen molar-refractivity contribution in [1.29, 1.82) is 0 Å². The summed E-state index contributed by atoms with van der Waals surface area (Å²) in [5, 5.41) is 10.4. The molecule has 3 N–H and O–H groups in total. The second kappa shape index (κ2) is 13.4. The van der Waals surface area contributed by atoms with E-state index in [1.807, 2.05) is 37.3 Å². The maximum Gasteiger partial charge on any atom is 0.338 e. The Morgan fingerprint density at radius 3 is 2.59 bits per heavy atom. The van der Waals surface area contributed by atoms with Gasteiger partial charge in [0.1, 0.15) is 11.5 Å². The number of allylic oxidation sites excluding steroid dienone is 1. The van der Waals surface area contributed by atoms with Crippen LogP contribution in [0.25, 0.3) is 0 Å². The number of nitrogens with one attached hydrogen (secondary N) is 3. The van der Waals surface area contributed by atoms with Crippen LogP contribution in [0.5, 0.6) is 11.5 Å². The van der Waals surface area contributed by atoms with Gasteiger partial charge in [0.05, 0.1) is 30.5 Å². The molecule has 2 aromatic carbocycles. The molecule has 1 amide bonds. The first-order chi connectivity index (χ1) is 17.8. The monoisotopic (exact) mass is 524 g/mol. The van der Waals surface area contributed by atoms with Crippen molar-refractivity contribution in [3.63, 3.8) is 0 Å². The summed E-state index contributed by atoms with van der Waals surface area (Å²) in [5.74, 6) is 0.306. The maximum absolute atomic E-state index is 12.7.